The van der Waals surface area contributed by atoms with Crippen LogP contribution in [-0.2, 0) is 15.1 Å². The van der Waals surface area contributed by atoms with Gasteiger partial charge in [-0.3, -0.25) is 0 Å². The SMILES string of the molecule is COc1ccc(C(O)(C(=O)OC2CC3C=C[C@H](C2)[N+]3(C)C)c2ccc(OC)cc2)cc1.[Br-]. The van der Waals surface area contributed by atoms with Crippen molar-refractivity contribution in [2.45, 2.75) is 36.6 Å². The van der Waals surface area contributed by atoms with Gasteiger partial charge in [-0.05, 0) is 47.5 Å². The molecule has 0 spiro atoms. The van der Waals surface area contributed by atoms with Crippen LogP contribution in [0.3, 0.4) is 0 Å². The second-order valence-electron chi connectivity index (χ2n) is 8.81. The van der Waals surface area contributed by atoms with Gasteiger partial charge >= 0.3 is 5.97 Å². The van der Waals surface area contributed by atoms with Gasteiger partial charge in [0.05, 0.1) is 28.3 Å². The monoisotopic (exact) mass is 503 g/mol. The number of carbonyl (C=O) groups is 1. The number of quaternary nitrogens is 1. The molecule has 1 saturated heterocycles. The summed E-state index contributed by atoms with van der Waals surface area (Å²) in [6.45, 7) is 0. The highest BCUT2D eigenvalue weighted by Crippen LogP contribution is 2.38. The lowest BCUT2D eigenvalue weighted by atomic mass is 9.86. The Kier molecular flexibility index (Phi) is 7.03. The van der Waals surface area contributed by atoms with Crippen LogP contribution in [0.15, 0.2) is 60.7 Å². The van der Waals surface area contributed by atoms with Gasteiger partial charge in [0.2, 0.25) is 5.60 Å². The molecule has 2 aliphatic heterocycles. The lowest BCUT2D eigenvalue weighted by Gasteiger charge is -2.44. The number of hydrogen-bond acceptors (Lipinski definition) is 5. The van der Waals surface area contributed by atoms with Crippen LogP contribution >= 0.6 is 0 Å². The maximum atomic E-state index is 13.5. The first-order valence-electron chi connectivity index (χ1n) is 10.5. The highest BCUT2D eigenvalue weighted by atomic mass is 79.9. The summed E-state index contributed by atoms with van der Waals surface area (Å²) in [4.78, 5) is 13.5. The zero-order valence-electron chi connectivity index (χ0n) is 18.8. The van der Waals surface area contributed by atoms with Crippen molar-refractivity contribution in [3.8, 4) is 11.5 Å². The molecule has 0 aliphatic carbocycles. The Bertz CT molecular complexity index is 905. The fourth-order valence-corrected chi connectivity index (χ4v) is 4.68. The first-order chi connectivity index (χ1) is 14.8. The minimum absolute atomic E-state index is 0. The van der Waals surface area contributed by atoms with E-state index in [1.165, 1.54) is 0 Å². The minimum atomic E-state index is -1.94. The molecule has 2 aliphatic rings. The van der Waals surface area contributed by atoms with E-state index in [1.807, 2.05) is 0 Å². The van der Waals surface area contributed by atoms with Crippen LogP contribution in [0.2, 0.25) is 0 Å². The highest BCUT2D eigenvalue weighted by Gasteiger charge is 2.49. The summed E-state index contributed by atoms with van der Waals surface area (Å²) in [6, 6.07) is 14.3. The maximum Gasteiger partial charge on any atom is 0.347 e. The van der Waals surface area contributed by atoms with Crippen LogP contribution in [0, 0.1) is 0 Å². The number of halogens is 1. The zero-order valence-corrected chi connectivity index (χ0v) is 20.4. The minimum Gasteiger partial charge on any atom is -1.00 e. The van der Waals surface area contributed by atoms with Gasteiger partial charge in [-0.2, -0.15) is 0 Å². The number of rotatable bonds is 6. The molecule has 0 saturated carbocycles. The van der Waals surface area contributed by atoms with Crippen LogP contribution < -0.4 is 26.5 Å². The van der Waals surface area contributed by atoms with Crippen molar-refractivity contribution in [1.82, 2.24) is 0 Å². The molecule has 0 radical (unpaired) electrons. The predicted octanol–water partition coefficient (Wildman–Crippen LogP) is 0.0327. The first-order valence-corrected chi connectivity index (χ1v) is 10.5. The van der Waals surface area contributed by atoms with E-state index in [1.54, 1.807) is 62.8 Å². The molecule has 3 atom stereocenters. The van der Waals surface area contributed by atoms with Gasteiger partial charge in [-0.15, -0.1) is 0 Å². The molecule has 6 nitrogen and oxygen atoms in total. The molecule has 1 N–H and O–H groups in total. The number of ether oxygens (including phenoxy) is 3. The molecule has 2 aromatic rings. The summed E-state index contributed by atoms with van der Waals surface area (Å²) < 4.78 is 17.3. The van der Waals surface area contributed by atoms with E-state index >= 15 is 0 Å². The Morgan fingerprint density at radius 2 is 1.28 bits per heavy atom. The van der Waals surface area contributed by atoms with E-state index < -0.39 is 11.6 Å². The van der Waals surface area contributed by atoms with Crippen LogP contribution in [0.1, 0.15) is 24.0 Å². The van der Waals surface area contributed by atoms with Crippen molar-refractivity contribution >= 4 is 5.97 Å². The van der Waals surface area contributed by atoms with Crippen LogP contribution in [-0.4, -0.2) is 62.1 Å². The Hall–Kier alpha value is -2.35. The fraction of sp³-hybridized carbons (Fsp3) is 0.400. The molecule has 7 heteroatoms. The zero-order chi connectivity index (χ0) is 22.2. The third kappa shape index (κ3) is 4.17. The van der Waals surface area contributed by atoms with E-state index in [0.717, 1.165) is 17.3 Å². The Labute approximate surface area is 199 Å². The third-order valence-corrected chi connectivity index (χ3v) is 6.86. The number of hydrogen-bond donors (Lipinski definition) is 1. The Morgan fingerprint density at radius 1 is 0.875 bits per heavy atom. The molecule has 32 heavy (non-hydrogen) atoms. The fourth-order valence-electron chi connectivity index (χ4n) is 4.68. The number of piperidine rings is 1. The van der Waals surface area contributed by atoms with E-state index in [9.17, 15) is 9.90 Å². The maximum absolute atomic E-state index is 13.5. The number of nitrogens with zero attached hydrogens (tertiary/aromatic N) is 1. The molecule has 0 amide bonds. The average Bonchev–Trinajstić information content (AvgIpc) is 2.95. The Morgan fingerprint density at radius 3 is 1.66 bits per heavy atom. The number of likely N-dealkylation sites (N-methyl/N-ethyl adjacent to an activating group) is 1. The largest absolute Gasteiger partial charge is 1.00 e. The van der Waals surface area contributed by atoms with Gasteiger partial charge in [0.25, 0.3) is 0 Å². The average molecular weight is 504 g/mol. The predicted molar refractivity (Wildman–Crippen MR) is 117 cm³/mol. The van der Waals surface area contributed by atoms with Crippen LogP contribution in [0.25, 0.3) is 0 Å². The standard InChI is InChI=1S/C25H30NO5.BrH/c1-26(2)19-9-10-20(26)16-23(15-19)31-24(27)25(28,17-5-11-21(29-3)12-6-17)18-7-13-22(30-4)14-8-18;/h5-14,19-20,23,28H,15-16H2,1-4H3;1H/q+1;/p-1/t19-,20?,23?;/m1./s1. The number of methoxy groups -OCH3 is 2. The second kappa shape index (κ2) is 9.25. The molecule has 2 aromatic carbocycles. The first kappa shape index (κ1) is 24.3. The van der Waals surface area contributed by atoms with E-state index in [2.05, 4.69) is 26.2 Å². The van der Waals surface area contributed by atoms with Crippen molar-refractivity contribution in [2.24, 2.45) is 0 Å². The van der Waals surface area contributed by atoms with Gasteiger partial charge in [-0.1, -0.05) is 24.3 Å². The lowest BCUT2D eigenvalue weighted by molar-refractivity contribution is -0.926. The third-order valence-electron chi connectivity index (χ3n) is 6.86. The molecule has 4 rings (SSSR count). The number of aliphatic hydroxyl groups is 1. The molecule has 172 valence electrons. The second-order valence-corrected chi connectivity index (χ2v) is 8.81. The van der Waals surface area contributed by atoms with Crippen molar-refractivity contribution < 1.29 is 45.6 Å². The van der Waals surface area contributed by atoms with Crippen molar-refractivity contribution in [3.63, 3.8) is 0 Å². The summed E-state index contributed by atoms with van der Waals surface area (Å²) in [5.74, 6) is 0.618. The molecule has 2 heterocycles. The summed E-state index contributed by atoms with van der Waals surface area (Å²) in [5.41, 5.74) is -1.08. The number of carbonyl (C=O) groups excluding carboxylic acids is 1. The summed E-state index contributed by atoms with van der Waals surface area (Å²) in [6.07, 6.45) is 5.68. The smallest absolute Gasteiger partial charge is 0.347 e. The van der Waals surface area contributed by atoms with Gasteiger partial charge in [-0.25, -0.2) is 4.79 Å². The summed E-state index contributed by atoms with van der Waals surface area (Å²) >= 11 is 0. The molecule has 0 aromatic heterocycles. The Balaban J connectivity index is 0.00000289. The van der Waals surface area contributed by atoms with E-state index in [0.29, 0.717) is 34.7 Å². The van der Waals surface area contributed by atoms with Gasteiger partial charge in [0.15, 0.2) is 0 Å². The van der Waals surface area contributed by atoms with Gasteiger partial charge < -0.3 is 40.8 Å². The lowest BCUT2D eigenvalue weighted by Crippen LogP contribution is -3.00. The van der Waals surface area contributed by atoms with Gasteiger partial charge in [0, 0.05) is 12.8 Å². The number of esters is 1. The molecule has 2 bridgehead atoms. The molecule has 1 fully saturated rings. The molecule has 2 unspecified atom stereocenters. The summed E-state index contributed by atoms with van der Waals surface area (Å²) in [7, 11) is 7.56. The quantitative estimate of drug-likeness (QED) is 0.342. The van der Waals surface area contributed by atoms with Crippen molar-refractivity contribution in [2.75, 3.05) is 28.3 Å². The number of fused-ring (bicyclic) bond motifs is 2. The summed E-state index contributed by atoms with van der Waals surface area (Å²) in [5, 5.41) is 11.8. The highest BCUT2D eigenvalue weighted by molar-refractivity contribution is 5.85. The molecular formula is C25H30BrNO5. The van der Waals surface area contributed by atoms with Crippen molar-refractivity contribution in [3.05, 3.63) is 71.8 Å². The molecular weight excluding hydrogens is 474 g/mol. The topological polar surface area (TPSA) is 65.0 Å². The van der Waals surface area contributed by atoms with Crippen LogP contribution in [0.5, 0.6) is 11.5 Å². The van der Waals surface area contributed by atoms with Gasteiger partial charge in [0.1, 0.15) is 29.7 Å². The number of benzene rings is 2. The van der Waals surface area contributed by atoms with Crippen LogP contribution in [0.4, 0.5) is 0 Å². The van der Waals surface area contributed by atoms with Crippen molar-refractivity contribution in [1.29, 1.82) is 0 Å². The van der Waals surface area contributed by atoms with E-state index in [-0.39, 0.29) is 23.1 Å². The van der Waals surface area contributed by atoms with E-state index in [4.69, 9.17) is 14.2 Å². The normalized spacial score (nSPS) is 23.2.